The lowest BCUT2D eigenvalue weighted by Crippen LogP contribution is -2.69. The molecule has 21 aliphatic heterocycles. The number of ether oxygens (including phenoxy) is 21. The highest BCUT2D eigenvalue weighted by molar-refractivity contribution is 5.20. The van der Waals surface area contributed by atoms with Crippen molar-refractivity contribution in [2.75, 3.05) is 46.2 Å². The van der Waals surface area contributed by atoms with Gasteiger partial charge in [0.15, 0.2) is 44.0 Å². The molecule has 35 atom stereocenters. The highest BCUT2D eigenvalue weighted by Gasteiger charge is 2.62. The molecule has 0 amide bonds. The van der Waals surface area contributed by atoms with Crippen LogP contribution < -0.4 is 0 Å². The Morgan fingerprint density at radius 3 is 0.381 bits per heavy atom. The van der Waals surface area contributed by atoms with E-state index in [4.69, 9.17) is 99.5 Å². The topological polar surface area (TPSA) is 477 Å². The number of hydrogen-bond acceptors (Lipinski definition) is 35. The second kappa shape index (κ2) is 45.3. The van der Waals surface area contributed by atoms with Gasteiger partial charge in [0.25, 0.3) is 0 Å². The number of aliphatic hydroxyl groups excluding tert-OH is 14. The molecule has 21 saturated heterocycles. The Kier molecular flexibility index (Phi) is 33.7. The van der Waals surface area contributed by atoms with Gasteiger partial charge < -0.3 is 171 Å². The summed E-state index contributed by atoms with van der Waals surface area (Å²) in [5.74, 6) is 0. The smallest absolute Gasteiger partial charge is 0.187 e. The van der Waals surface area contributed by atoms with Gasteiger partial charge in [-0.15, -0.1) is 0 Å². The Morgan fingerprint density at radius 2 is 0.278 bits per heavy atom. The summed E-state index contributed by atoms with van der Waals surface area (Å²) in [7, 11) is 0. The maximum Gasteiger partial charge on any atom is 0.187 e. The van der Waals surface area contributed by atoms with Gasteiger partial charge >= 0.3 is 0 Å². The van der Waals surface area contributed by atoms with Gasteiger partial charge in [-0.05, 0) is 38.9 Å². The lowest BCUT2D eigenvalue weighted by atomic mass is 9.94. The molecule has 28 rings (SSSR count). The molecule has 686 valence electrons. The van der Waals surface area contributed by atoms with Crippen molar-refractivity contribution in [2.45, 2.75) is 261 Å². The van der Waals surface area contributed by atoms with Gasteiger partial charge in [-0.2, -0.15) is 0 Å². The van der Waals surface area contributed by atoms with Crippen molar-refractivity contribution in [3.63, 3.8) is 0 Å². The fourth-order valence-electron chi connectivity index (χ4n) is 16.9. The monoisotopic (exact) mass is 1760 g/mol. The van der Waals surface area contributed by atoms with Crippen molar-refractivity contribution in [1.82, 2.24) is 0 Å². The third kappa shape index (κ3) is 22.3. The number of hydrogen-bond donors (Lipinski definition) is 14. The van der Waals surface area contributed by atoms with E-state index in [9.17, 15) is 71.5 Å². The molecule has 21 fully saturated rings. The fraction of sp³-hybridized carbons (Fsp3) is 0.538. The van der Waals surface area contributed by atoms with E-state index < -0.39 is 261 Å². The lowest BCUT2D eigenvalue weighted by Gasteiger charge is -2.51. The molecule has 14 bridgehead atoms. The van der Waals surface area contributed by atoms with Gasteiger partial charge in [0.2, 0.25) is 0 Å². The molecular weight excluding hydrogens is 1650 g/mol. The van der Waals surface area contributed by atoms with Crippen molar-refractivity contribution in [3.05, 3.63) is 251 Å². The van der Waals surface area contributed by atoms with E-state index >= 15 is 0 Å². The van der Waals surface area contributed by atoms with Crippen LogP contribution >= 0.6 is 0 Å². The molecule has 21 heterocycles. The predicted molar refractivity (Wildman–Crippen MR) is 432 cm³/mol. The molecule has 0 unspecified atom stereocenters. The highest BCUT2D eigenvalue weighted by atomic mass is 16.8. The van der Waals surface area contributed by atoms with Gasteiger partial charge in [-0.25, -0.2) is 0 Å². The Hall–Kier alpha value is -6.86. The molecule has 21 aliphatic rings. The minimum Gasteiger partial charge on any atom is -0.394 e. The SMILES string of the molecule is OC[C@H]1O[C@@H]2O[C@H]3[C@H](O)[C@@H](OCc4ccccc4)[C@@H](O[C@H]4[C@H](O)[C@@H](OCc5ccccc5)[C@@H](O[C@H]5[C@H](O)[C@@H](OCc6ccccc6)[C@@H](O[C@H]6[C@H](O)[C@@H](OCc7ccccc7)[C@@H](O[C@H]7[C@H](O)[C@@H](OCc8ccccc8)[C@@H](O[C@H]8[C@H](O)[C@@H](OCc9ccccc9)[C@@H](O[C@H]1[C@H](O)[C@H]2OCc1ccccc1)O[C@@H]8CO)O[C@@H]7CO)O[C@@H]6CO)O[C@@H]5CO)O[C@@H]4CO)O[C@@H]3CO. The zero-order valence-electron chi connectivity index (χ0n) is 68.6. The van der Waals surface area contributed by atoms with Gasteiger partial charge in [0, 0.05) is 0 Å². The first-order valence-corrected chi connectivity index (χ1v) is 42.3. The van der Waals surface area contributed by atoms with Gasteiger partial charge in [0.1, 0.15) is 171 Å². The van der Waals surface area contributed by atoms with Crippen molar-refractivity contribution in [1.29, 1.82) is 0 Å². The van der Waals surface area contributed by atoms with Crippen molar-refractivity contribution in [3.8, 4) is 0 Å². The lowest BCUT2D eigenvalue weighted by molar-refractivity contribution is -0.403. The molecular formula is C91H112O35. The first kappa shape index (κ1) is 93.8. The Labute approximate surface area is 726 Å². The molecule has 0 radical (unpaired) electrons. The van der Waals surface area contributed by atoms with Crippen LogP contribution in [0.1, 0.15) is 38.9 Å². The van der Waals surface area contributed by atoms with Crippen LogP contribution in [0.15, 0.2) is 212 Å². The second-order valence-electron chi connectivity index (χ2n) is 32.0. The van der Waals surface area contributed by atoms with Crippen LogP contribution in [-0.2, 0) is 146 Å². The maximum absolute atomic E-state index is 13.1. The minimum atomic E-state index is -1.95. The average molecular weight is 1770 g/mol. The minimum absolute atomic E-state index is 0.249. The summed E-state index contributed by atoms with van der Waals surface area (Å²) in [6, 6.07) is 61.2. The van der Waals surface area contributed by atoms with E-state index in [-0.39, 0.29) is 46.2 Å². The standard InChI is InChI=1S/C91H112O35/c92-36-57-71-64(99)78(106-43-50-22-8-1-9-23-50)85(113-57)120-72-58(37-93)114-87(79(65(72)100)107-44-51-24-10-2-11-25-51)122-74-60(39-95)116-89(81(67(74)102)109-46-53-28-14-4-15-29-53)124-76-62(41-97)118-91(83(69(76)104)111-48-55-32-18-6-19-33-55)126-77-63(42-98)119-90(84(70(77)105)112-49-56-34-20-7-21-35-56)125-75-61(40-96)117-88(82(68(75)103)110-47-54-30-16-5-17-31-54)123-73-59(38-94)115-86(121-71)80(66(73)101)108-45-52-26-12-3-13-27-52/h1-35,57-105H,36-49H2/t57-,58-,59-,60-,61-,62-,63-,64+,65+,66+,67+,68+,69+,70+,71-,72-,73-,74-,75-,76-,77-,78-,79-,80-,81-,82-,83-,84-,85-,86-,87-,88-,89-,90-,91-/m1/s1. The molecule has 0 saturated carbocycles. The first-order chi connectivity index (χ1) is 61.5. The molecule has 35 heteroatoms. The second-order valence-corrected chi connectivity index (χ2v) is 32.0. The van der Waals surface area contributed by atoms with Crippen LogP contribution in [0.25, 0.3) is 0 Å². The molecule has 35 nitrogen and oxygen atoms in total. The quantitative estimate of drug-likeness (QED) is 0.0314. The summed E-state index contributed by atoms with van der Waals surface area (Å²) in [4.78, 5) is 0. The zero-order valence-corrected chi connectivity index (χ0v) is 68.6. The van der Waals surface area contributed by atoms with E-state index in [2.05, 4.69) is 0 Å². The molecule has 7 aromatic rings. The van der Waals surface area contributed by atoms with Crippen molar-refractivity contribution in [2.24, 2.45) is 0 Å². The van der Waals surface area contributed by atoms with E-state index in [1.54, 1.807) is 212 Å². The van der Waals surface area contributed by atoms with E-state index in [1.807, 2.05) is 0 Å². The number of benzene rings is 7. The van der Waals surface area contributed by atoms with Gasteiger partial charge in [0.05, 0.1) is 92.5 Å². The summed E-state index contributed by atoms with van der Waals surface area (Å²) in [5, 5.41) is 173. The third-order valence-corrected chi connectivity index (χ3v) is 23.6. The van der Waals surface area contributed by atoms with Crippen LogP contribution in [0.3, 0.4) is 0 Å². The Bertz CT molecular complexity index is 3530. The molecule has 14 N–H and O–H groups in total. The molecule has 0 aliphatic carbocycles. The van der Waals surface area contributed by atoms with Crippen molar-refractivity contribution >= 4 is 0 Å². The molecule has 126 heavy (non-hydrogen) atoms. The first-order valence-electron chi connectivity index (χ1n) is 42.3. The van der Waals surface area contributed by atoms with Crippen LogP contribution in [0.5, 0.6) is 0 Å². The van der Waals surface area contributed by atoms with Crippen LogP contribution in [-0.4, -0.2) is 333 Å². The molecule has 0 spiro atoms. The van der Waals surface area contributed by atoms with Gasteiger partial charge in [-0.1, -0.05) is 212 Å². The van der Waals surface area contributed by atoms with Crippen LogP contribution in [0, 0.1) is 0 Å². The summed E-state index contributed by atoms with van der Waals surface area (Å²) >= 11 is 0. The van der Waals surface area contributed by atoms with E-state index in [0.29, 0.717) is 38.9 Å². The van der Waals surface area contributed by atoms with E-state index in [0.717, 1.165) is 0 Å². The van der Waals surface area contributed by atoms with Gasteiger partial charge in [-0.3, -0.25) is 0 Å². The highest BCUT2D eigenvalue weighted by Crippen LogP contribution is 2.43. The summed E-state index contributed by atoms with van der Waals surface area (Å²) in [6.07, 6.45) is -62.1. The summed E-state index contributed by atoms with van der Waals surface area (Å²) in [6.45, 7) is -8.40. The van der Waals surface area contributed by atoms with Crippen LogP contribution in [0.2, 0.25) is 0 Å². The molecule has 0 aromatic heterocycles. The fourth-order valence-corrected chi connectivity index (χ4v) is 16.9. The van der Waals surface area contributed by atoms with Crippen molar-refractivity contribution < 1.29 is 171 Å². The van der Waals surface area contributed by atoms with Crippen LogP contribution in [0.4, 0.5) is 0 Å². The third-order valence-electron chi connectivity index (χ3n) is 23.6. The summed E-state index contributed by atoms with van der Waals surface area (Å²) < 4.78 is 139. The normalized spacial score (nSPS) is 38.2. The number of rotatable bonds is 28. The van der Waals surface area contributed by atoms with E-state index in [1.165, 1.54) is 0 Å². The number of aliphatic hydroxyl groups is 14. The maximum atomic E-state index is 13.1. The largest absolute Gasteiger partial charge is 0.394 e. The zero-order chi connectivity index (χ0) is 87.7. The Balaban J connectivity index is 0.831. The Morgan fingerprint density at radius 1 is 0.167 bits per heavy atom. The predicted octanol–water partition coefficient (Wildman–Crippen LogP) is 0.341. The molecule has 7 aromatic carbocycles. The summed E-state index contributed by atoms with van der Waals surface area (Å²) in [5.41, 5.74) is 4.09. The average Bonchev–Trinajstić information content (AvgIpc) is 0.777.